The summed E-state index contributed by atoms with van der Waals surface area (Å²) in [5, 5.41) is 0. The molecule has 3 heteroatoms. The summed E-state index contributed by atoms with van der Waals surface area (Å²) >= 11 is 2.26. The van der Waals surface area contributed by atoms with Crippen LogP contribution in [0, 0.1) is 17.4 Å². The third-order valence-corrected chi connectivity index (χ3v) is 3.16. The molecule has 0 unspecified atom stereocenters. The van der Waals surface area contributed by atoms with E-state index in [9.17, 15) is 4.79 Å². The average molecular weight is 304 g/mol. The maximum Gasteiger partial charge on any atom is 0.338 e. The first-order valence-corrected chi connectivity index (χ1v) is 5.58. The minimum Gasteiger partial charge on any atom is -0.462 e. The highest BCUT2D eigenvalue weighted by atomic mass is 127. The van der Waals surface area contributed by atoms with Crippen LogP contribution in [0.1, 0.15) is 28.4 Å². The van der Waals surface area contributed by atoms with Crippen molar-refractivity contribution in [3.8, 4) is 0 Å². The lowest BCUT2D eigenvalue weighted by Gasteiger charge is -2.07. The van der Waals surface area contributed by atoms with Crippen LogP contribution < -0.4 is 0 Å². The van der Waals surface area contributed by atoms with Crippen molar-refractivity contribution in [2.45, 2.75) is 20.8 Å². The minimum absolute atomic E-state index is 0.232. The summed E-state index contributed by atoms with van der Waals surface area (Å²) < 4.78 is 6.14. The Labute approximate surface area is 97.8 Å². The first-order valence-electron chi connectivity index (χ1n) is 4.50. The van der Waals surface area contributed by atoms with E-state index < -0.39 is 0 Å². The molecular formula is C11H13IO2. The normalized spacial score (nSPS) is 10.0. The van der Waals surface area contributed by atoms with Crippen molar-refractivity contribution in [3.05, 3.63) is 32.4 Å². The fourth-order valence-electron chi connectivity index (χ4n) is 1.21. The van der Waals surface area contributed by atoms with Gasteiger partial charge in [-0.3, -0.25) is 0 Å². The molecule has 0 bridgehead atoms. The number of carbonyl (C=O) groups is 1. The number of aryl methyl sites for hydroxylation is 2. The molecule has 0 amide bonds. The molecule has 0 fully saturated rings. The smallest absolute Gasteiger partial charge is 0.338 e. The van der Waals surface area contributed by atoms with Crippen LogP contribution in [0.15, 0.2) is 12.1 Å². The number of hydrogen-bond acceptors (Lipinski definition) is 2. The summed E-state index contributed by atoms with van der Waals surface area (Å²) in [5.41, 5.74) is 2.75. The van der Waals surface area contributed by atoms with Crippen LogP contribution in [0.25, 0.3) is 0 Å². The zero-order chi connectivity index (χ0) is 10.7. The summed E-state index contributed by atoms with van der Waals surface area (Å²) in [6, 6.07) is 3.89. The topological polar surface area (TPSA) is 26.3 Å². The maximum atomic E-state index is 11.5. The van der Waals surface area contributed by atoms with Gasteiger partial charge in [0.25, 0.3) is 0 Å². The van der Waals surface area contributed by atoms with Crippen molar-refractivity contribution in [3.63, 3.8) is 0 Å². The molecule has 0 saturated carbocycles. The highest BCUT2D eigenvalue weighted by Gasteiger charge is 2.11. The van der Waals surface area contributed by atoms with Gasteiger partial charge in [0, 0.05) is 3.57 Å². The van der Waals surface area contributed by atoms with E-state index >= 15 is 0 Å². The fraction of sp³-hybridized carbons (Fsp3) is 0.364. The molecule has 0 aliphatic rings. The first kappa shape index (κ1) is 11.5. The van der Waals surface area contributed by atoms with Crippen LogP contribution in [-0.2, 0) is 4.74 Å². The molecule has 0 aliphatic carbocycles. The van der Waals surface area contributed by atoms with Crippen LogP contribution in [0.2, 0.25) is 0 Å². The third-order valence-electron chi connectivity index (χ3n) is 2.00. The lowest BCUT2D eigenvalue weighted by atomic mass is 10.1. The lowest BCUT2D eigenvalue weighted by molar-refractivity contribution is 0.0525. The van der Waals surface area contributed by atoms with E-state index in [2.05, 4.69) is 22.6 Å². The lowest BCUT2D eigenvalue weighted by Crippen LogP contribution is -2.07. The Hall–Kier alpha value is -0.580. The molecule has 0 heterocycles. The monoisotopic (exact) mass is 304 g/mol. The Balaban J connectivity index is 3.09. The van der Waals surface area contributed by atoms with Gasteiger partial charge in [-0.05, 0) is 66.6 Å². The number of esters is 1. The van der Waals surface area contributed by atoms with E-state index in [1.807, 2.05) is 32.9 Å². The molecule has 0 spiro atoms. The van der Waals surface area contributed by atoms with Crippen molar-refractivity contribution in [1.29, 1.82) is 0 Å². The van der Waals surface area contributed by atoms with Gasteiger partial charge in [-0.25, -0.2) is 4.79 Å². The predicted molar refractivity (Wildman–Crippen MR) is 64.6 cm³/mol. The fourth-order valence-corrected chi connectivity index (χ4v) is 1.83. The van der Waals surface area contributed by atoms with E-state index in [1.54, 1.807) is 0 Å². The molecule has 2 nitrogen and oxygen atoms in total. The molecule has 14 heavy (non-hydrogen) atoms. The first-order chi connectivity index (χ1) is 6.56. The Morgan fingerprint density at radius 1 is 1.36 bits per heavy atom. The molecular weight excluding hydrogens is 291 g/mol. The third kappa shape index (κ3) is 2.47. The average Bonchev–Trinajstić information content (AvgIpc) is 2.11. The molecule has 0 N–H and O–H groups in total. The summed E-state index contributed by atoms with van der Waals surface area (Å²) in [6.07, 6.45) is 0. The molecule has 1 aromatic rings. The van der Waals surface area contributed by atoms with Crippen molar-refractivity contribution in [2.75, 3.05) is 6.61 Å². The van der Waals surface area contributed by atoms with Gasteiger partial charge < -0.3 is 4.74 Å². The Morgan fingerprint density at radius 2 is 2.00 bits per heavy atom. The highest BCUT2D eigenvalue weighted by Crippen LogP contribution is 2.18. The largest absolute Gasteiger partial charge is 0.462 e. The number of halogens is 1. The molecule has 0 aliphatic heterocycles. The molecule has 0 aromatic heterocycles. The quantitative estimate of drug-likeness (QED) is 0.620. The van der Waals surface area contributed by atoms with E-state index in [0.717, 1.165) is 11.1 Å². The van der Waals surface area contributed by atoms with Crippen molar-refractivity contribution in [1.82, 2.24) is 0 Å². The second kappa shape index (κ2) is 4.77. The van der Waals surface area contributed by atoms with Gasteiger partial charge in [0.05, 0.1) is 12.2 Å². The van der Waals surface area contributed by atoms with E-state index in [-0.39, 0.29) is 5.97 Å². The van der Waals surface area contributed by atoms with Crippen LogP contribution in [-0.4, -0.2) is 12.6 Å². The number of benzene rings is 1. The molecule has 1 rings (SSSR count). The summed E-state index contributed by atoms with van der Waals surface area (Å²) in [7, 11) is 0. The van der Waals surface area contributed by atoms with Crippen LogP contribution in [0.5, 0.6) is 0 Å². The number of rotatable bonds is 2. The summed E-state index contributed by atoms with van der Waals surface area (Å²) in [4.78, 5) is 11.5. The SMILES string of the molecule is CCOC(=O)c1cc(C)c(I)cc1C. The van der Waals surface area contributed by atoms with Crippen molar-refractivity contribution < 1.29 is 9.53 Å². The Morgan fingerprint density at radius 3 is 2.57 bits per heavy atom. The van der Waals surface area contributed by atoms with Gasteiger partial charge in [0.1, 0.15) is 0 Å². The molecule has 0 saturated heterocycles. The predicted octanol–water partition coefficient (Wildman–Crippen LogP) is 3.08. The van der Waals surface area contributed by atoms with Gasteiger partial charge >= 0.3 is 5.97 Å². The zero-order valence-corrected chi connectivity index (χ0v) is 10.7. The van der Waals surface area contributed by atoms with Crippen LogP contribution in [0.3, 0.4) is 0 Å². The highest BCUT2D eigenvalue weighted by molar-refractivity contribution is 14.1. The standard InChI is InChI=1S/C11H13IO2/c1-4-14-11(13)9-5-8(3)10(12)6-7(9)2/h5-6H,4H2,1-3H3. The van der Waals surface area contributed by atoms with Crippen molar-refractivity contribution in [2.24, 2.45) is 0 Å². The van der Waals surface area contributed by atoms with Crippen LogP contribution >= 0.6 is 22.6 Å². The zero-order valence-electron chi connectivity index (χ0n) is 8.56. The molecule has 76 valence electrons. The van der Waals surface area contributed by atoms with Gasteiger partial charge in [-0.1, -0.05) is 0 Å². The van der Waals surface area contributed by atoms with Gasteiger partial charge in [-0.15, -0.1) is 0 Å². The van der Waals surface area contributed by atoms with Gasteiger partial charge in [-0.2, -0.15) is 0 Å². The number of hydrogen-bond donors (Lipinski definition) is 0. The number of ether oxygens (including phenoxy) is 1. The van der Waals surface area contributed by atoms with Crippen molar-refractivity contribution >= 4 is 28.6 Å². The van der Waals surface area contributed by atoms with E-state index in [4.69, 9.17) is 4.74 Å². The minimum atomic E-state index is -0.232. The number of carbonyl (C=O) groups excluding carboxylic acids is 1. The van der Waals surface area contributed by atoms with Crippen LogP contribution in [0.4, 0.5) is 0 Å². The molecule has 0 atom stereocenters. The van der Waals surface area contributed by atoms with Gasteiger partial charge in [0.2, 0.25) is 0 Å². The maximum absolute atomic E-state index is 11.5. The van der Waals surface area contributed by atoms with E-state index in [1.165, 1.54) is 3.57 Å². The summed E-state index contributed by atoms with van der Waals surface area (Å²) in [6.45, 7) is 6.15. The van der Waals surface area contributed by atoms with Gasteiger partial charge in [0.15, 0.2) is 0 Å². The summed E-state index contributed by atoms with van der Waals surface area (Å²) in [5.74, 6) is -0.232. The molecule has 0 radical (unpaired) electrons. The Bertz CT molecular complexity index is 359. The molecule has 1 aromatic carbocycles. The van der Waals surface area contributed by atoms with E-state index in [0.29, 0.717) is 12.2 Å². The second-order valence-corrected chi connectivity index (χ2v) is 4.30. The Kier molecular flexibility index (Phi) is 3.92. The second-order valence-electron chi connectivity index (χ2n) is 3.14.